The van der Waals surface area contributed by atoms with Crippen LogP contribution in [0.2, 0.25) is 0 Å². The molecule has 0 aliphatic rings. The molecule has 136 valence electrons. The Balaban J connectivity index is 1.68. The van der Waals surface area contributed by atoms with Gasteiger partial charge in [0.05, 0.1) is 0 Å². The van der Waals surface area contributed by atoms with Crippen molar-refractivity contribution in [2.75, 3.05) is 20.3 Å². The van der Waals surface area contributed by atoms with Crippen molar-refractivity contribution in [3.8, 4) is 11.5 Å². The van der Waals surface area contributed by atoms with Gasteiger partial charge >= 0.3 is 0 Å². The Labute approximate surface area is 156 Å². The number of hydrogen-bond donors (Lipinski definition) is 1. The fourth-order valence-electron chi connectivity index (χ4n) is 3.20. The fraction of sp³-hybridized carbons (Fsp3) is 0.304. The van der Waals surface area contributed by atoms with Crippen molar-refractivity contribution in [2.45, 2.75) is 26.3 Å². The van der Waals surface area contributed by atoms with E-state index in [1.807, 2.05) is 19.2 Å². The number of para-hydroxylation sites is 1. The molecule has 0 heterocycles. The van der Waals surface area contributed by atoms with Gasteiger partial charge in [0.15, 0.2) is 0 Å². The van der Waals surface area contributed by atoms with E-state index >= 15 is 0 Å². The Morgan fingerprint density at radius 2 is 1.50 bits per heavy atom. The Kier molecular flexibility index (Phi) is 6.13. The summed E-state index contributed by atoms with van der Waals surface area (Å²) in [6.45, 7) is 6.17. The average molecular weight is 349 g/mol. The summed E-state index contributed by atoms with van der Waals surface area (Å²) in [6, 6.07) is 20.8. The van der Waals surface area contributed by atoms with Crippen molar-refractivity contribution in [3.63, 3.8) is 0 Å². The fourth-order valence-corrected chi connectivity index (χ4v) is 3.20. The Hall–Kier alpha value is -2.52. The van der Waals surface area contributed by atoms with Gasteiger partial charge < -0.3 is 14.8 Å². The van der Waals surface area contributed by atoms with Crippen molar-refractivity contribution < 1.29 is 9.47 Å². The van der Waals surface area contributed by atoms with E-state index in [2.05, 4.69) is 67.7 Å². The lowest BCUT2D eigenvalue weighted by Gasteiger charge is -2.16. The Morgan fingerprint density at radius 1 is 0.808 bits per heavy atom. The van der Waals surface area contributed by atoms with Crippen LogP contribution in [0, 0.1) is 0 Å². The van der Waals surface area contributed by atoms with E-state index < -0.39 is 0 Å². The van der Waals surface area contributed by atoms with Gasteiger partial charge in [0.1, 0.15) is 24.7 Å². The molecule has 0 aliphatic carbocycles. The molecule has 3 nitrogen and oxygen atoms in total. The van der Waals surface area contributed by atoms with E-state index in [0.29, 0.717) is 19.1 Å². The van der Waals surface area contributed by atoms with Gasteiger partial charge in [-0.2, -0.15) is 0 Å². The smallest absolute Gasteiger partial charge is 0.124 e. The molecule has 0 saturated heterocycles. The summed E-state index contributed by atoms with van der Waals surface area (Å²) in [5.41, 5.74) is 2.42. The Morgan fingerprint density at radius 3 is 2.27 bits per heavy atom. The quantitative estimate of drug-likeness (QED) is 0.571. The summed E-state index contributed by atoms with van der Waals surface area (Å²) in [4.78, 5) is 0. The van der Waals surface area contributed by atoms with Crippen LogP contribution in [0.3, 0.4) is 0 Å². The molecule has 1 N–H and O–H groups in total. The maximum absolute atomic E-state index is 6.05. The minimum Gasteiger partial charge on any atom is -0.490 e. The van der Waals surface area contributed by atoms with Crippen LogP contribution in [0.4, 0.5) is 0 Å². The minimum absolute atomic E-state index is 0.440. The molecule has 0 bridgehead atoms. The van der Waals surface area contributed by atoms with E-state index in [-0.39, 0.29) is 0 Å². The maximum atomic E-state index is 6.05. The summed E-state index contributed by atoms with van der Waals surface area (Å²) in [6.07, 6.45) is 0. The van der Waals surface area contributed by atoms with Gasteiger partial charge in [-0.05, 0) is 41.4 Å². The van der Waals surface area contributed by atoms with Crippen LogP contribution in [0.15, 0.2) is 60.7 Å². The molecule has 3 heteroatoms. The zero-order valence-electron chi connectivity index (χ0n) is 15.8. The zero-order chi connectivity index (χ0) is 18.4. The molecule has 3 aromatic rings. The molecule has 3 aromatic carbocycles. The molecule has 0 amide bonds. The van der Waals surface area contributed by atoms with Crippen LogP contribution in [0.5, 0.6) is 11.5 Å². The Bertz CT molecular complexity index is 858. The summed E-state index contributed by atoms with van der Waals surface area (Å²) in [5, 5.41) is 5.70. The molecule has 0 aliphatic heterocycles. The lowest BCUT2D eigenvalue weighted by Crippen LogP contribution is -2.13. The lowest BCUT2D eigenvalue weighted by molar-refractivity contribution is 0.214. The molecule has 0 aromatic heterocycles. The van der Waals surface area contributed by atoms with Gasteiger partial charge in [-0.15, -0.1) is 0 Å². The highest BCUT2D eigenvalue weighted by atomic mass is 16.5. The van der Waals surface area contributed by atoms with Crippen molar-refractivity contribution in [1.82, 2.24) is 5.32 Å². The number of ether oxygens (including phenoxy) is 2. The van der Waals surface area contributed by atoms with E-state index in [1.54, 1.807) is 0 Å². The number of hydrogen-bond acceptors (Lipinski definition) is 3. The molecule has 0 unspecified atom stereocenters. The van der Waals surface area contributed by atoms with Crippen LogP contribution < -0.4 is 14.8 Å². The molecule has 3 rings (SSSR count). The SMILES string of the molecule is CNCc1c(OCCOc2ccccc2C(C)C)ccc2ccccc12. The number of rotatable bonds is 8. The predicted octanol–water partition coefficient (Wildman–Crippen LogP) is 5.14. The van der Waals surface area contributed by atoms with Gasteiger partial charge in [0.2, 0.25) is 0 Å². The number of benzene rings is 3. The molecular weight excluding hydrogens is 322 g/mol. The topological polar surface area (TPSA) is 30.5 Å². The maximum Gasteiger partial charge on any atom is 0.124 e. The molecule has 0 saturated carbocycles. The van der Waals surface area contributed by atoms with Crippen molar-refractivity contribution in [1.29, 1.82) is 0 Å². The number of fused-ring (bicyclic) bond motifs is 1. The minimum atomic E-state index is 0.440. The normalized spacial score (nSPS) is 11.1. The highest BCUT2D eigenvalue weighted by molar-refractivity contribution is 5.87. The summed E-state index contributed by atoms with van der Waals surface area (Å²) < 4.78 is 12.0. The standard InChI is InChI=1S/C23H27NO2/c1-17(2)19-9-6-7-11-22(19)25-14-15-26-23-13-12-18-8-4-5-10-20(18)21(23)16-24-3/h4-13,17,24H,14-16H2,1-3H3. The second kappa shape index (κ2) is 8.72. The number of nitrogens with one attached hydrogen (secondary N) is 1. The van der Waals surface area contributed by atoms with E-state index in [9.17, 15) is 0 Å². The molecule has 0 spiro atoms. The highest BCUT2D eigenvalue weighted by Gasteiger charge is 2.09. The average Bonchev–Trinajstić information content (AvgIpc) is 2.67. The van der Waals surface area contributed by atoms with Gasteiger partial charge in [-0.1, -0.05) is 62.4 Å². The van der Waals surface area contributed by atoms with Crippen molar-refractivity contribution >= 4 is 10.8 Å². The predicted molar refractivity (Wildman–Crippen MR) is 108 cm³/mol. The monoisotopic (exact) mass is 349 g/mol. The first-order chi connectivity index (χ1) is 12.7. The summed E-state index contributed by atoms with van der Waals surface area (Å²) >= 11 is 0. The molecule has 0 atom stereocenters. The lowest BCUT2D eigenvalue weighted by atomic mass is 10.0. The van der Waals surface area contributed by atoms with Crippen LogP contribution in [0.25, 0.3) is 10.8 Å². The zero-order valence-corrected chi connectivity index (χ0v) is 15.8. The third kappa shape index (κ3) is 4.17. The first kappa shape index (κ1) is 18.3. The van der Waals surface area contributed by atoms with Crippen LogP contribution in [0.1, 0.15) is 30.9 Å². The summed E-state index contributed by atoms with van der Waals surface area (Å²) in [7, 11) is 1.96. The third-order valence-electron chi connectivity index (χ3n) is 4.49. The third-order valence-corrected chi connectivity index (χ3v) is 4.49. The molecule has 0 radical (unpaired) electrons. The van der Waals surface area contributed by atoms with Crippen molar-refractivity contribution in [2.24, 2.45) is 0 Å². The van der Waals surface area contributed by atoms with Crippen LogP contribution in [-0.2, 0) is 6.54 Å². The van der Waals surface area contributed by atoms with Gasteiger partial charge in [-0.3, -0.25) is 0 Å². The summed E-state index contributed by atoms with van der Waals surface area (Å²) in [5.74, 6) is 2.30. The highest BCUT2D eigenvalue weighted by Crippen LogP contribution is 2.28. The van der Waals surface area contributed by atoms with Crippen LogP contribution in [-0.4, -0.2) is 20.3 Å². The van der Waals surface area contributed by atoms with E-state index in [1.165, 1.54) is 21.9 Å². The van der Waals surface area contributed by atoms with E-state index in [0.717, 1.165) is 18.0 Å². The van der Waals surface area contributed by atoms with E-state index in [4.69, 9.17) is 9.47 Å². The van der Waals surface area contributed by atoms with Gasteiger partial charge in [0, 0.05) is 12.1 Å². The molecular formula is C23H27NO2. The van der Waals surface area contributed by atoms with Gasteiger partial charge in [-0.25, -0.2) is 0 Å². The molecule has 26 heavy (non-hydrogen) atoms. The first-order valence-corrected chi connectivity index (χ1v) is 9.20. The molecule has 0 fully saturated rings. The van der Waals surface area contributed by atoms with Gasteiger partial charge in [0.25, 0.3) is 0 Å². The van der Waals surface area contributed by atoms with Crippen molar-refractivity contribution in [3.05, 3.63) is 71.8 Å². The second-order valence-electron chi connectivity index (χ2n) is 6.68. The second-order valence-corrected chi connectivity index (χ2v) is 6.68. The first-order valence-electron chi connectivity index (χ1n) is 9.20. The largest absolute Gasteiger partial charge is 0.490 e. The van der Waals surface area contributed by atoms with Crippen LogP contribution >= 0.6 is 0 Å².